The molecule has 2 heteroatoms. The lowest BCUT2D eigenvalue weighted by atomic mass is 9.49. The van der Waals surface area contributed by atoms with E-state index in [1.54, 1.807) is 0 Å². The minimum atomic E-state index is 0.326. The number of aliphatic hydroxyl groups is 1. The lowest BCUT2D eigenvalue weighted by Gasteiger charge is -2.56. The Morgan fingerprint density at radius 3 is 2.06 bits per heavy atom. The number of quaternary nitrogens is 1. The molecule has 4 fully saturated rings. The van der Waals surface area contributed by atoms with Gasteiger partial charge in [0.15, 0.2) is 0 Å². The summed E-state index contributed by atoms with van der Waals surface area (Å²) in [5.74, 6) is 3.18. The highest BCUT2D eigenvalue weighted by Gasteiger charge is 2.51. The molecule has 3 N–H and O–H groups in total. The largest absolute Gasteiger partial charge is 0.390 e. The second-order valence-electron chi connectivity index (χ2n) is 7.02. The van der Waals surface area contributed by atoms with Crippen molar-refractivity contribution in [2.45, 2.75) is 51.5 Å². The molecule has 0 radical (unpaired) electrons. The Morgan fingerprint density at radius 1 is 1.12 bits per heavy atom. The molecule has 4 bridgehead atoms. The lowest BCUT2D eigenvalue weighted by Crippen LogP contribution is -2.93. The first-order valence-electron chi connectivity index (χ1n) is 7.13. The van der Waals surface area contributed by atoms with E-state index >= 15 is 0 Å². The zero-order valence-corrected chi connectivity index (χ0v) is 10.5. The molecule has 0 unspecified atom stereocenters. The highest BCUT2D eigenvalue weighted by molar-refractivity contribution is 5.00. The van der Waals surface area contributed by atoms with Crippen molar-refractivity contribution in [3.63, 3.8) is 0 Å². The SMILES string of the molecule is C[C@H](CO)[NH2+]CC12CC3CC(CC(C3)C1)C2. The summed E-state index contributed by atoms with van der Waals surface area (Å²) in [4.78, 5) is 0. The van der Waals surface area contributed by atoms with Gasteiger partial charge in [0, 0.05) is 5.41 Å². The van der Waals surface area contributed by atoms with E-state index in [1.807, 2.05) is 0 Å². The first kappa shape index (κ1) is 11.0. The standard InChI is InChI=1S/C14H25NO/c1-10(8-16)15-9-14-5-11-2-12(6-14)4-13(3-11)7-14/h10-13,15-16H,2-9H2,1H3/p+1/t10-,11?,12?,13?,14?/m1/s1. The first-order valence-corrected chi connectivity index (χ1v) is 7.13. The highest BCUT2D eigenvalue weighted by atomic mass is 16.3. The summed E-state index contributed by atoms with van der Waals surface area (Å²) in [5, 5.41) is 11.5. The molecule has 0 aromatic rings. The van der Waals surface area contributed by atoms with Crippen molar-refractivity contribution in [1.29, 1.82) is 0 Å². The van der Waals surface area contributed by atoms with Crippen molar-refractivity contribution < 1.29 is 10.4 Å². The highest BCUT2D eigenvalue weighted by Crippen LogP contribution is 2.59. The Balaban J connectivity index is 1.64. The minimum Gasteiger partial charge on any atom is -0.390 e. The molecule has 92 valence electrons. The number of hydrogen-bond acceptors (Lipinski definition) is 1. The molecule has 0 amide bonds. The van der Waals surface area contributed by atoms with E-state index in [2.05, 4.69) is 12.2 Å². The van der Waals surface area contributed by atoms with Gasteiger partial charge in [-0.2, -0.15) is 0 Å². The molecule has 4 saturated carbocycles. The van der Waals surface area contributed by atoms with Gasteiger partial charge >= 0.3 is 0 Å². The average Bonchev–Trinajstić information content (AvgIpc) is 2.24. The third-order valence-electron chi connectivity index (χ3n) is 5.41. The second-order valence-corrected chi connectivity index (χ2v) is 7.02. The Kier molecular flexibility index (Phi) is 2.75. The topological polar surface area (TPSA) is 36.8 Å². The third-order valence-corrected chi connectivity index (χ3v) is 5.41. The average molecular weight is 224 g/mol. The van der Waals surface area contributed by atoms with Crippen LogP contribution < -0.4 is 5.32 Å². The van der Waals surface area contributed by atoms with Crippen LogP contribution in [0.5, 0.6) is 0 Å². The van der Waals surface area contributed by atoms with Gasteiger partial charge in [-0.15, -0.1) is 0 Å². The van der Waals surface area contributed by atoms with E-state index < -0.39 is 0 Å². The summed E-state index contributed by atoms with van der Waals surface area (Å²) in [6.07, 6.45) is 9.09. The molecule has 0 aromatic heterocycles. The van der Waals surface area contributed by atoms with Gasteiger partial charge in [-0.25, -0.2) is 0 Å². The molecule has 0 aliphatic heterocycles. The van der Waals surface area contributed by atoms with E-state index in [0.717, 1.165) is 17.8 Å². The maximum Gasteiger partial charge on any atom is 0.106 e. The molecule has 0 saturated heterocycles. The fourth-order valence-electron chi connectivity index (χ4n) is 5.07. The summed E-state index contributed by atoms with van der Waals surface area (Å²) >= 11 is 0. The smallest absolute Gasteiger partial charge is 0.106 e. The van der Waals surface area contributed by atoms with Crippen LogP contribution in [0.15, 0.2) is 0 Å². The third kappa shape index (κ3) is 1.91. The number of aliphatic hydroxyl groups excluding tert-OH is 1. The van der Waals surface area contributed by atoms with E-state index in [0.29, 0.717) is 18.1 Å². The Hall–Kier alpha value is -0.0800. The molecule has 0 heterocycles. The zero-order chi connectivity index (χ0) is 11.2. The zero-order valence-electron chi connectivity index (χ0n) is 10.5. The van der Waals surface area contributed by atoms with Gasteiger partial charge in [0.25, 0.3) is 0 Å². The van der Waals surface area contributed by atoms with Gasteiger partial charge in [0.2, 0.25) is 0 Å². The van der Waals surface area contributed by atoms with Crippen LogP contribution >= 0.6 is 0 Å². The van der Waals surface area contributed by atoms with Gasteiger partial charge < -0.3 is 10.4 Å². The van der Waals surface area contributed by atoms with Crippen LogP contribution in [-0.2, 0) is 0 Å². The lowest BCUT2D eigenvalue weighted by molar-refractivity contribution is -0.700. The van der Waals surface area contributed by atoms with E-state index in [1.165, 1.54) is 45.1 Å². The molecular weight excluding hydrogens is 198 g/mol. The predicted octanol–water partition coefficient (Wildman–Crippen LogP) is 1.15. The summed E-state index contributed by atoms with van der Waals surface area (Å²) in [6.45, 7) is 3.74. The van der Waals surface area contributed by atoms with Crippen LogP contribution in [0.4, 0.5) is 0 Å². The summed E-state index contributed by atoms with van der Waals surface area (Å²) in [5.41, 5.74) is 0.665. The van der Waals surface area contributed by atoms with Crippen molar-refractivity contribution in [3.05, 3.63) is 0 Å². The van der Waals surface area contributed by atoms with Crippen LogP contribution in [0.3, 0.4) is 0 Å². The molecule has 4 aliphatic carbocycles. The molecule has 4 rings (SSSR count). The molecule has 0 aromatic carbocycles. The van der Waals surface area contributed by atoms with Gasteiger partial charge in [0.05, 0.1) is 13.2 Å². The Morgan fingerprint density at radius 2 is 1.62 bits per heavy atom. The molecule has 0 spiro atoms. The van der Waals surface area contributed by atoms with Crippen LogP contribution in [0.2, 0.25) is 0 Å². The van der Waals surface area contributed by atoms with Gasteiger partial charge in [0.1, 0.15) is 6.04 Å². The first-order chi connectivity index (χ1) is 7.69. The normalized spacial score (nSPS) is 47.2. The summed E-state index contributed by atoms with van der Waals surface area (Å²) in [7, 11) is 0. The van der Waals surface area contributed by atoms with Crippen molar-refractivity contribution in [1.82, 2.24) is 0 Å². The van der Waals surface area contributed by atoms with Crippen molar-refractivity contribution in [3.8, 4) is 0 Å². The number of hydrogen-bond donors (Lipinski definition) is 2. The van der Waals surface area contributed by atoms with Gasteiger partial charge in [-0.1, -0.05) is 0 Å². The summed E-state index contributed by atoms with van der Waals surface area (Å²) in [6, 6.07) is 0.396. The van der Waals surface area contributed by atoms with Crippen molar-refractivity contribution in [2.24, 2.45) is 23.2 Å². The molecule has 1 atom stereocenters. The van der Waals surface area contributed by atoms with Gasteiger partial charge in [-0.05, 0) is 63.2 Å². The monoisotopic (exact) mass is 224 g/mol. The van der Waals surface area contributed by atoms with Crippen molar-refractivity contribution in [2.75, 3.05) is 13.2 Å². The maximum absolute atomic E-state index is 9.12. The van der Waals surface area contributed by atoms with Crippen molar-refractivity contribution >= 4 is 0 Å². The van der Waals surface area contributed by atoms with Crippen LogP contribution in [0.1, 0.15) is 45.4 Å². The van der Waals surface area contributed by atoms with Gasteiger partial charge in [-0.3, -0.25) is 0 Å². The molecular formula is C14H26NO+. The van der Waals surface area contributed by atoms with Crippen LogP contribution in [-0.4, -0.2) is 24.3 Å². The molecule has 16 heavy (non-hydrogen) atoms. The Bertz CT molecular complexity index is 228. The number of nitrogens with two attached hydrogens (primary N) is 1. The molecule has 4 aliphatic rings. The summed E-state index contributed by atoms with van der Waals surface area (Å²) < 4.78 is 0. The van der Waals surface area contributed by atoms with E-state index in [-0.39, 0.29) is 0 Å². The van der Waals surface area contributed by atoms with E-state index in [9.17, 15) is 0 Å². The predicted molar refractivity (Wildman–Crippen MR) is 63.9 cm³/mol. The van der Waals surface area contributed by atoms with E-state index in [4.69, 9.17) is 5.11 Å². The minimum absolute atomic E-state index is 0.326. The van der Waals surface area contributed by atoms with Crippen LogP contribution in [0, 0.1) is 23.2 Å². The fraction of sp³-hybridized carbons (Fsp3) is 1.00. The Labute approximate surface area is 98.8 Å². The fourth-order valence-corrected chi connectivity index (χ4v) is 5.07. The second kappa shape index (κ2) is 3.99. The number of rotatable bonds is 4. The molecule has 2 nitrogen and oxygen atoms in total. The van der Waals surface area contributed by atoms with Crippen LogP contribution in [0.25, 0.3) is 0 Å². The quantitative estimate of drug-likeness (QED) is 0.738. The maximum atomic E-state index is 9.12.